The molecule has 378 valence electrons. The Morgan fingerprint density at radius 3 is 1.46 bits per heavy atom. The standard InChI is InChI=1S/C68H44F6N4/c1-41-25-30-50(57(35-41)68(72,73)74)46-28-34-64-56(38-46)53-21-11-14-24-62(53)78(64)65-39-47(59-40-58(43-15-5-3-6-16-43)75-66(76-59)44-17-7-4-8-18-44)26-31-54(65)51-19-9-12-22-60(51)77-61-23-13-10-20-52(61)55-37-45(27-33-63(55)77)49-32-29-48(36-42(49)2)67(69,70)71/h3-40H,1-2H3. The zero-order chi connectivity index (χ0) is 53.5. The molecule has 0 spiro atoms. The van der Waals surface area contributed by atoms with E-state index in [-0.39, 0.29) is 5.56 Å². The third-order valence-electron chi connectivity index (χ3n) is 14.8. The van der Waals surface area contributed by atoms with Crippen molar-refractivity contribution in [2.75, 3.05) is 0 Å². The van der Waals surface area contributed by atoms with E-state index in [1.807, 2.05) is 140 Å². The van der Waals surface area contributed by atoms with Crippen LogP contribution in [-0.4, -0.2) is 19.1 Å². The van der Waals surface area contributed by atoms with Crippen LogP contribution in [0.5, 0.6) is 0 Å². The Hall–Kier alpha value is -9.54. The van der Waals surface area contributed by atoms with Crippen LogP contribution in [0.3, 0.4) is 0 Å². The van der Waals surface area contributed by atoms with Gasteiger partial charge in [-0.25, -0.2) is 9.97 Å². The van der Waals surface area contributed by atoms with Crippen LogP contribution in [0.15, 0.2) is 231 Å². The molecule has 0 N–H and O–H groups in total. The van der Waals surface area contributed by atoms with Crippen LogP contribution >= 0.6 is 0 Å². The molecule has 0 saturated carbocycles. The second-order valence-corrected chi connectivity index (χ2v) is 19.7. The van der Waals surface area contributed by atoms with Crippen molar-refractivity contribution in [2.24, 2.45) is 0 Å². The third kappa shape index (κ3) is 8.37. The summed E-state index contributed by atoms with van der Waals surface area (Å²) in [6, 6.07) is 72.5. The van der Waals surface area contributed by atoms with E-state index in [1.165, 1.54) is 12.1 Å². The van der Waals surface area contributed by atoms with Gasteiger partial charge < -0.3 is 9.13 Å². The Balaban J connectivity index is 1.06. The maximum Gasteiger partial charge on any atom is 0.417 e. The number of fused-ring (bicyclic) bond motifs is 6. The summed E-state index contributed by atoms with van der Waals surface area (Å²) in [5.74, 6) is 0.560. The summed E-state index contributed by atoms with van der Waals surface area (Å²) in [7, 11) is 0. The van der Waals surface area contributed by atoms with Crippen LogP contribution in [0.1, 0.15) is 22.3 Å². The summed E-state index contributed by atoms with van der Waals surface area (Å²) in [5, 5.41) is 3.54. The summed E-state index contributed by atoms with van der Waals surface area (Å²) in [6.07, 6.45) is -9.03. The van der Waals surface area contributed by atoms with Gasteiger partial charge in [-0.1, -0.05) is 163 Å². The lowest BCUT2D eigenvalue weighted by atomic mass is 9.96. The van der Waals surface area contributed by atoms with E-state index >= 15 is 0 Å². The molecule has 0 unspecified atom stereocenters. The summed E-state index contributed by atoms with van der Waals surface area (Å²) < 4.78 is 90.0. The molecule has 13 aromatic rings. The number of benzene rings is 10. The smallest absolute Gasteiger partial charge is 0.309 e. The van der Waals surface area contributed by atoms with Gasteiger partial charge >= 0.3 is 12.4 Å². The van der Waals surface area contributed by atoms with Crippen LogP contribution in [0.4, 0.5) is 26.3 Å². The number of hydrogen-bond acceptors (Lipinski definition) is 2. The van der Waals surface area contributed by atoms with E-state index in [0.717, 1.165) is 100 Å². The molecule has 0 atom stereocenters. The SMILES string of the molecule is Cc1ccc(-c2ccc3c(c2)c2ccccc2n3-c2cc(-c3cc(-c4ccccc4)nc(-c4ccccc4)n3)ccc2-c2ccccc2-n2c3ccccc3c3cc(-c4ccc(C(F)(F)F)cc4C)ccc32)c(C(F)(F)F)c1. The fourth-order valence-electron chi connectivity index (χ4n) is 11.2. The Morgan fingerprint density at radius 2 is 0.833 bits per heavy atom. The number of hydrogen-bond donors (Lipinski definition) is 0. The second kappa shape index (κ2) is 18.6. The molecule has 0 radical (unpaired) electrons. The maximum atomic E-state index is 14.7. The molecule has 0 aliphatic carbocycles. The van der Waals surface area contributed by atoms with Gasteiger partial charge in [0.05, 0.1) is 56.0 Å². The van der Waals surface area contributed by atoms with Crippen LogP contribution in [0, 0.1) is 13.8 Å². The quantitative estimate of drug-likeness (QED) is 0.142. The molecular weight excluding hydrogens is 987 g/mol. The van der Waals surface area contributed by atoms with Crippen molar-refractivity contribution in [3.63, 3.8) is 0 Å². The normalized spacial score (nSPS) is 12.1. The van der Waals surface area contributed by atoms with E-state index in [2.05, 4.69) is 57.7 Å². The highest BCUT2D eigenvalue weighted by Crippen LogP contribution is 2.45. The predicted molar refractivity (Wildman–Crippen MR) is 303 cm³/mol. The van der Waals surface area contributed by atoms with Crippen molar-refractivity contribution >= 4 is 43.6 Å². The van der Waals surface area contributed by atoms with Crippen molar-refractivity contribution < 1.29 is 26.3 Å². The van der Waals surface area contributed by atoms with E-state index in [0.29, 0.717) is 33.8 Å². The first-order valence-corrected chi connectivity index (χ1v) is 25.4. The minimum absolute atomic E-state index is 0.100. The highest BCUT2D eigenvalue weighted by molar-refractivity contribution is 6.13. The van der Waals surface area contributed by atoms with Gasteiger partial charge in [-0.3, -0.25) is 0 Å². The van der Waals surface area contributed by atoms with Gasteiger partial charge in [-0.15, -0.1) is 0 Å². The van der Waals surface area contributed by atoms with Crippen LogP contribution in [0.25, 0.3) is 122 Å². The van der Waals surface area contributed by atoms with Crippen molar-refractivity contribution in [1.29, 1.82) is 0 Å². The molecular formula is C68H44F6N4. The van der Waals surface area contributed by atoms with Gasteiger partial charge in [0.1, 0.15) is 0 Å². The van der Waals surface area contributed by atoms with Crippen LogP contribution in [-0.2, 0) is 12.4 Å². The van der Waals surface area contributed by atoms with Gasteiger partial charge in [-0.05, 0) is 114 Å². The van der Waals surface area contributed by atoms with E-state index in [1.54, 1.807) is 38.1 Å². The Kier molecular flexibility index (Phi) is 11.5. The van der Waals surface area contributed by atoms with Gasteiger partial charge in [0, 0.05) is 49.4 Å². The second-order valence-electron chi connectivity index (χ2n) is 19.7. The van der Waals surface area contributed by atoms with Crippen molar-refractivity contribution in [3.8, 4) is 78.7 Å². The first-order chi connectivity index (χ1) is 37.8. The summed E-state index contributed by atoms with van der Waals surface area (Å²) in [4.78, 5) is 10.3. The number of halogens is 6. The number of para-hydroxylation sites is 3. The topological polar surface area (TPSA) is 35.6 Å². The molecule has 0 fully saturated rings. The average molecular weight is 1030 g/mol. The van der Waals surface area contributed by atoms with E-state index < -0.39 is 23.5 Å². The predicted octanol–water partition coefficient (Wildman–Crippen LogP) is 19.3. The molecule has 0 saturated heterocycles. The number of nitrogens with zero attached hydrogens (tertiary/aromatic N) is 4. The maximum absolute atomic E-state index is 14.7. The average Bonchev–Trinajstić information content (AvgIpc) is 4.07. The molecule has 0 aliphatic heterocycles. The molecule has 10 heteroatoms. The molecule has 3 aromatic heterocycles. The summed E-state index contributed by atoms with van der Waals surface area (Å²) in [6.45, 7) is 3.37. The van der Waals surface area contributed by atoms with Gasteiger partial charge in [0.2, 0.25) is 0 Å². The zero-order valence-electron chi connectivity index (χ0n) is 42.0. The van der Waals surface area contributed by atoms with Crippen LogP contribution in [0.2, 0.25) is 0 Å². The molecule has 78 heavy (non-hydrogen) atoms. The Morgan fingerprint density at radius 1 is 0.333 bits per heavy atom. The lowest BCUT2D eigenvalue weighted by molar-refractivity contribution is -0.138. The first-order valence-electron chi connectivity index (χ1n) is 25.4. The zero-order valence-corrected chi connectivity index (χ0v) is 42.0. The molecule has 4 nitrogen and oxygen atoms in total. The molecule has 3 heterocycles. The lowest BCUT2D eigenvalue weighted by Crippen LogP contribution is -2.07. The molecule has 10 aromatic carbocycles. The van der Waals surface area contributed by atoms with E-state index in [4.69, 9.17) is 9.97 Å². The van der Waals surface area contributed by atoms with Crippen molar-refractivity contribution in [1.82, 2.24) is 19.1 Å². The van der Waals surface area contributed by atoms with Gasteiger partial charge in [-0.2, -0.15) is 26.3 Å². The monoisotopic (exact) mass is 1030 g/mol. The summed E-state index contributed by atoms with van der Waals surface area (Å²) >= 11 is 0. The van der Waals surface area contributed by atoms with E-state index in [9.17, 15) is 26.3 Å². The fraction of sp³-hybridized carbons (Fsp3) is 0.0588. The number of rotatable bonds is 8. The minimum Gasteiger partial charge on any atom is -0.309 e. The highest BCUT2D eigenvalue weighted by Gasteiger charge is 2.34. The molecule has 13 rings (SSSR count). The summed E-state index contributed by atoms with van der Waals surface area (Å²) in [5.41, 5.74) is 12.6. The molecule has 0 aliphatic rings. The van der Waals surface area contributed by atoms with Crippen molar-refractivity contribution in [2.45, 2.75) is 26.2 Å². The Labute approximate surface area is 444 Å². The number of alkyl halides is 6. The lowest BCUT2D eigenvalue weighted by Gasteiger charge is -2.20. The number of aryl methyl sites for hydroxylation is 2. The van der Waals surface area contributed by atoms with Crippen LogP contribution < -0.4 is 0 Å². The Bertz CT molecular complexity index is 4440. The highest BCUT2D eigenvalue weighted by atomic mass is 19.4. The first kappa shape index (κ1) is 48.1. The largest absolute Gasteiger partial charge is 0.417 e. The van der Waals surface area contributed by atoms with Crippen molar-refractivity contribution in [3.05, 3.63) is 253 Å². The third-order valence-corrected chi connectivity index (χ3v) is 14.8. The van der Waals surface area contributed by atoms with Gasteiger partial charge in [0.25, 0.3) is 0 Å². The minimum atomic E-state index is -4.57. The molecule has 0 bridgehead atoms. The van der Waals surface area contributed by atoms with Gasteiger partial charge in [0.15, 0.2) is 5.82 Å². The molecule has 0 amide bonds. The number of aromatic nitrogens is 4. The fourth-order valence-corrected chi connectivity index (χ4v) is 11.2.